The van der Waals surface area contributed by atoms with E-state index in [2.05, 4.69) is 63.9 Å². The van der Waals surface area contributed by atoms with Crippen molar-refractivity contribution in [2.24, 2.45) is 5.73 Å². The molecular formula is C13H15BrN2S. The topological polar surface area (TPSA) is 38.0 Å². The molecule has 2 rings (SSSR count). The predicted octanol–water partition coefficient (Wildman–Crippen LogP) is 3.93. The number of benzene rings is 1. The van der Waals surface area contributed by atoms with Gasteiger partial charge in [0.2, 0.25) is 0 Å². The van der Waals surface area contributed by atoms with Crippen molar-refractivity contribution in [3.63, 3.8) is 0 Å². The number of nitrogens with two attached hydrogens (primary N) is 1. The van der Waals surface area contributed by atoms with Crippen molar-refractivity contribution in [3.8, 4) is 0 Å². The van der Waals surface area contributed by atoms with Crippen molar-refractivity contribution in [1.82, 2.24) is 0 Å². The molecule has 1 heterocycles. The first kappa shape index (κ1) is 12.6. The molecule has 0 aliphatic carbocycles. The Hall–Kier alpha value is -0.840. The van der Waals surface area contributed by atoms with Gasteiger partial charge in [0.25, 0.3) is 0 Å². The molecule has 0 saturated heterocycles. The molecule has 0 radical (unpaired) electrons. The van der Waals surface area contributed by atoms with Crippen molar-refractivity contribution in [1.29, 1.82) is 0 Å². The highest BCUT2D eigenvalue weighted by molar-refractivity contribution is 9.10. The van der Waals surface area contributed by atoms with Crippen molar-refractivity contribution < 1.29 is 0 Å². The average molecular weight is 311 g/mol. The summed E-state index contributed by atoms with van der Waals surface area (Å²) in [5, 5.41) is 5.53. The van der Waals surface area contributed by atoms with Gasteiger partial charge in [-0.3, -0.25) is 0 Å². The number of aryl methyl sites for hydroxylation is 1. The van der Waals surface area contributed by atoms with Crippen molar-refractivity contribution >= 4 is 33.0 Å². The summed E-state index contributed by atoms with van der Waals surface area (Å²) in [5.41, 5.74) is 8.19. The van der Waals surface area contributed by atoms with Crippen LogP contribution in [-0.2, 0) is 0 Å². The molecule has 0 fully saturated rings. The van der Waals surface area contributed by atoms with Gasteiger partial charge in [-0.05, 0) is 41.1 Å². The van der Waals surface area contributed by atoms with Gasteiger partial charge in [0.1, 0.15) is 0 Å². The van der Waals surface area contributed by atoms with Crippen LogP contribution in [0.25, 0.3) is 0 Å². The van der Waals surface area contributed by atoms with E-state index in [4.69, 9.17) is 5.73 Å². The summed E-state index contributed by atoms with van der Waals surface area (Å²) in [6, 6.07) is 10.7. The van der Waals surface area contributed by atoms with Gasteiger partial charge < -0.3 is 11.1 Å². The first-order chi connectivity index (χ1) is 8.19. The third-order valence-electron chi connectivity index (χ3n) is 2.56. The maximum atomic E-state index is 5.82. The second-order valence-corrected chi connectivity index (χ2v) is 5.82. The summed E-state index contributed by atoms with van der Waals surface area (Å²) in [6.07, 6.45) is 0. The van der Waals surface area contributed by atoms with E-state index in [1.807, 2.05) is 0 Å². The SMILES string of the molecule is Cc1ccc(NC(CN)c2cc(Br)cs2)cc1. The highest BCUT2D eigenvalue weighted by Gasteiger charge is 2.11. The molecule has 1 unspecified atom stereocenters. The highest BCUT2D eigenvalue weighted by Crippen LogP contribution is 2.27. The first-order valence-corrected chi connectivity index (χ1v) is 7.13. The summed E-state index contributed by atoms with van der Waals surface area (Å²) < 4.78 is 1.11. The lowest BCUT2D eigenvalue weighted by molar-refractivity contribution is 0.805. The monoisotopic (exact) mass is 310 g/mol. The fourth-order valence-electron chi connectivity index (χ4n) is 1.61. The molecule has 2 nitrogen and oxygen atoms in total. The number of anilines is 1. The van der Waals surface area contributed by atoms with E-state index >= 15 is 0 Å². The van der Waals surface area contributed by atoms with Gasteiger partial charge in [-0.1, -0.05) is 17.7 Å². The van der Waals surface area contributed by atoms with E-state index in [-0.39, 0.29) is 6.04 Å². The summed E-state index contributed by atoms with van der Waals surface area (Å²) in [4.78, 5) is 1.25. The lowest BCUT2D eigenvalue weighted by Gasteiger charge is -2.16. The van der Waals surface area contributed by atoms with E-state index in [1.54, 1.807) is 11.3 Å². The Labute approximate surface area is 114 Å². The van der Waals surface area contributed by atoms with Gasteiger partial charge in [-0.25, -0.2) is 0 Å². The van der Waals surface area contributed by atoms with Crippen LogP contribution in [0.2, 0.25) is 0 Å². The smallest absolute Gasteiger partial charge is 0.0729 e. The Morgan fingerprint density at radius 3 is 2.59 bits per heavy atom. The number of thiophene rings is 1. The van der Waals surface area contributed by atoms with E-state index in [9.17, 15) is 0 Å². The van der Waals surface area contributed by atoms with Gasteiger partial charge in [0.15, 0.2) is 0 Å². The molecule has 1 aromatic carbocycles. The second-order valence-electron chi connectivity index (χ2n) is 3.97. The Morgan fingerprint density at radius 2 is 2.06 bits per heavy atom. The molecule has 2 aromatic rings. The third kappa shape index (κ3) is 3.31. The van der Waals surface area contributed by atoms with E-state index in [0.29, 0.717) is 6.54 Å². The standard InChI is InChI=1S/C13H15BrN2S/c1-9-2-4-11(5-3-9)16-12(7-15)13-6-10(14)8-17-13/h2-6,8,12,16H,7,15H2,1H3. The molecular weight excluding hydrogens is 296 g/mol. The number of nitrogens with one attached hydrogen (secondary N) is 1. The molecule has 1 aromatic heterocycles. The minimum atomic E-state index is 0.175. The molecule has 1 atom stereocenters. The van der Waals surface area contributed by atoms with Crippen molar-refractivity contribution in [3.05, 3.63) is 50.6 Å². The van der Waals surface area contributed by atoms with Gasteiger partial charge in [-0.2, -0.15) is 0 Å². The zero-order chi connectivity index (χ0) is 12.3. The summed E-state index contributed by atoms with van der Waals surface area (Å²) >= 11 is 5.18. The van der Waals surface area contributed by atoms with Crippen LogP contribution in [0.1, 0.15) is 16.5 Å². The quantitative estimate of drug-likeness (QED) is 0.898. The molecule has 0 spiro atoms. The van der Waals surface area contributed by atoms with Crippen LogP contribution in [0.3, 0.4) is 0 Å². The van der Waals surface area contributed by atoms with Crippen molar-refractivity contribution in [2.75, 3.05) is 11.9 Å². The van der Waals surface area contributed by atoms with E-state index in [0.717, 1.165) is 10.2 Å². The van der Waals surface area contributed by atoms with Crippen LogP contribution >= 0.6 is 27.3 Å². The summed E-state index contributed by atoms with van der Waals surface area (Å²) in [7, 11) is 0. The van der Waals surface area contributed by atoms with E-state index < -0.39 is 0 Å². The van der Waals surface area contributed by atoms with E-state index in [1.165, 1.54) is 10.4 Å². The molecule has 3 N–H and O–H groups in total. The first-order valence-electron chi connectivity index (χ1n) is 5.46. The number of halogens is 1. The zero-order valence-electron chi connectivity index (χ0n) is 9.61. The van der Waals surface area contributed by atoms with Gasteiger partial charge in [-0.15, -0.1) is 11.3 Å². The molecule has 0 aliphatic heterocycles. The predicted molar refractivity (Wildman–Crippen MR) is 78.6 cm³/mol. The maximum Gasteiger partial charge on any atom is 0.0729 e. The highest BCUT2D eigenvalue weighted by atomic mass is 79.9. The lowest BCUT2D eigenvalue weighted by Crippen LogP contribution is -2.19. The minimum absolute atomic E-state index is 0.175. The van der Waals surface area contributed by atoms with Crippen molar-refractivity contribution in [2.45, 2.75) is 13.0 Å². The fraction of sp³-hybridized carbons (Fsp3) is 0.231. The third-order valence-corrected chi connectivity index (χ3v) is 4.37. The summed E-state index contributed by atoms with van der Waals surface area (Å²) in [6.45, 7) is 2.67. The van der Waals surface area contributed by atoms with Gasteiger partial charge in [0, 0.05) is 27.0 Å². The average Bonchev–Trinajstić information content (AvgIpc) is 2.75. The Morgan fingerprint density at radius 1 is 1.35 bits per heavy atom. The van der Waals surface area contributed by atoms with Crippen LogP contribution < -0.4 is 11.1 Å². The van der Waals surface area contributed by atoms with Crippen LogP contribution in [0.4, 0.5) is 5.69 Å². The Balaban J connectivity index is 2.12. The van der Waals surface area contributed by atoms with Crippen LogP contribution in [0.5, 0.6) is 0 Å². The van der Waals surface area contributed by atoms with Gasteiger partial charge in [0.05, 0.1) is 6.04 Å². The van der Waals surface area contributed by atoms with Crippen LogP contribution in [-0.4, -0.2) is 6.54 Å². The zero-order valence-corrected chi connectivity index (χ0v) is 12.0. The summed E-state index contributed by atoms with van der Waals surface area (Å²) in [5.74, 6) is 0. The fourth-order valence-corrected chi connectivity index (χ4v) is 3.12. The van der Waals surface area contributed by atoms with Gasteiger partial charge >= 0.3 is 0 Å². The number of hydrogen-bond donors (Lipinski definition) is 2. The molecule has 90 valence electrons. The Bertz CT molecular complexity index is 478. The molecule has 0 saturated carbocycles. The number of hydrogen-bond acceptors (Lipinski definition) is 3. The molecule has 17 heavy (non-hydrogen) atoms. The lowest BCUT2D eigenvalue weighted by atomic mass is 10.2. The second kappa shape index (κ2) is 5.67. The molecule has 0 bridgehead atoms. The largest absolute Gasteiger partial charge is 0.376 e. The molecule has 0 amide bonds. The normalized spacial score (nSPS) is 12.4. The van der Waals surface area contributed by atoms with Crippen LogP contribution in [0.15, 0.2) is 40.2 Å². The molecule has 4 heteroatoms. The van der Waals surface area contributed by atoms with Crippen LogP contribution in [0, 0.1) is 6.92 Å². The Kier molecular flexibility index (Phi) is 4.20. The minimum Gasteiger partial charge on any atom is -0.376 e. The number of rotatable bonds is 4. The maximum absolute atomic E-state index is 5.82. The molecule has 0 aliphatic rings.